The maximum absolute atomic E-state index is 11.0. The Morgan fingerprint density at radius 3 is 1.91 bits per heavy atom. The molecule has 0 bridgehead atoms. The zero-order chi connectivity index (χ0) is 9.28. The predicted octanol–water partition coefficient (Wildman–Crippen LogP) is 3.50. The Kier molecular flexibility index (Phi) is 3.62. The summed E-state index contributed by atoms with van der Waals surface area (Å²) < 4.78 is 16.1. The summed E-state index contributed by atoms with van der Waals surface area (Å²) in [5.41, 5.74) is -0.0133. The third-order valence-corrected chi connectivity index (χ3v) is 2.50. The molecule has 0 N–H and O–H groups in total. The normalized spacial score (nSPS) is 20.9. The maximum atomic E-state index is 11.0. The highest BCUT2D eigenvalue weighted by Gasteiger charge is 2.26. The van der Waals surface area contributed by atoms with Gasteiger partial charge in [0, 0.05) is 6.66 Å². The average molecular weight is 199 g/mol. The average Bonchev–Trinajstić information content (AvgIpc) is 1.56. The van der Waals surface area contributed by atoms with Crippen molar-refractivity contribution in [3.63, 3.8) is 0 Å². The summed E-state index contributed by atoms with van der Waals surface area (Å²) >= 11 is 5.47. The summed E-state index contributed by atoms with van der Waals surface area (Å²) in [5.74, 6) is 0. The highest BCUT2D eigenvalue weighted by molar-refractivity contribution is 7.84. The molecule has 0 heterocycles. The molecule has 0 unspecified atom stereocenters. The van der Waals surface area contributed by atoms with E-state index in [1.807, 2.05) is 27.7 Å². The van der Waals surface area contributed by atoms with Crippen LogP contribution in [0.15, 0.2) is 0 Å². The molecule has 11 heavy (non-hydrogen) atoms. The topological polar surface area (TPSA) is 26.3 Å². The lowest BCUT2D eigenvalue weighted by Gasteiger charge is -2.27. The lowest BCUT2D eigenvalue weighted by atomic mass is 9.91. The second-order valence-corrected chi connectivity index (χ2v) is 7.41. The van der Waals surface area contributed by atoms with Gasteiger partial charge in [0.1, 0.15) is 0 Å². The minimum absolute atomic E-state index is 0.0133. The fraction of sp³-hybridized carbons (Fsp3) is 1.00. The van der Waals surface area contributed by atoms with Crippen LogP contribution in [0.5, 0.6) is 0 Å². The number of halogens is 1. The van der Waals surface area contributed by atoms with Gasteiger partial charge in [-0.1, -0.05) is 20.8 Å². The van der Waals surface area contributed by atoms with Gasteiger partial charge < -0.3 is 4.52 Å². The van der Waals surface area contributed by atoms with E-state index in [2.05, 4.69) is 0 Å². The van der Waals surface area contributed by atoms with Crippen LogP contribution in [0.4, 0.5) is 0 Å². The van der Waals surface area contributed by atoms with Gasteiger partial charge in [-0.2, -0.15) is 0 Å². The summed E-state index contributed by atoms with van der Waals surface area (Å²) in [6, 6.07) is 0. The van der Waals surface area contributed by atoms with Crippen molar-refractivity contribution in [1.82, 2.24) is 0 Å². The van der Waals surface area contributed by atoms with Crippen molar-refractivity contribution in [3.05, 3.63) is 0 Å². The molecular formula is C7H16ClO2P. The first-order valence-electron chi connectivity index (χ1n) is 3.58. The number of rotatable bonds is 2. The van der Waals surface area contributed by atoms with Gasteiger partial charge in [0.05, 0.1) is 6.10 Å². The van der Waals surface area contributed by atoms with Gasteiger partial charge >= 0.3 is 0 Å². The Hall–Kier alpha value is 0.480. The van der Waals surface area contributed by atoms with E-state index in [-0.39, 0.29) is 11.5 Å². The molecular weight excluding hydrogens is 183 g/mol. The van der Waals surface area contributed by atoms with E-state index in [1.54, 1.807) is 0 Å². The Morgan fingerprint density at radius 1 is 1.45 bits per heavy atom. The molecule has 0 rings (SSSR count). The zero-order valence-electron chi connectivity index (χ0n) is 7.72. The Balaban J connectivity index is 4.10. The fourth-order valence-electron chi connectivity index (χ4n) is 0.441. The predicted molar refractivity (Wildman–Crippen MR) is 49.4 cm³/mol. The second-order valence-electron chi connectivity index (χ2n) is 3.86. The van der Waals surface area contributed by atoms with Crippen molar-refractivity contribution in [1.29, 1.82) is 0 Å². The van der Waals surface area contributed by atoms with Gasteiger partial charge in [0.25, 0.3) is 6.72 Å². The Labute approximate surface area is 73.5 Å². The smallest absolute Gasteiger partial charge is 0.287 e. The molecule has 0 saturated carbocycles. The number of hydrogen-bond donors (Lipinski definition) is 0. The van der Waals surface area contributed by atoms with Crippen molar-refractivity contribution in [2.45, 2.75) is 33.8 Å². The van der Waals surface area contributed by atoms with E-state index < -0.39 is 6.72 Å². The largest absolute Gasteiger partial charge is 0.314 e. The van der Waals surface area contributed by atoms with Gasteiger partial charge in [-0.05, 0) is 23.6 Å². The monoisotopic (exact) mass is 198 g/mol. The quantitative estimate of drug-likeness (QED) is 0.635. The number of hydrogen-bond acceptors (Lipinski definition) is 2. The SMILES string of the molecule is C[C@H](O[P@@](C)(=O)Cl)C(C)(C)C. The van der Waals surface area contributed by atoms with E-state index in [4.69, 9.17) is 15.8 Å². The molecule has 0 aliphatic heterocycles. The van der Waals surface area contributed by atoms with Crippen LogP contribution < -0.4 is 0 Å². The second kappa shape index (κ2) is 3.47. The molecule has 0 aromatic rings. The van der Waals surface area contributed by atoms with Crippen LogP contribution in [-0.2, 0) is 9.09 Å². The van der Waals surface area contributed by atoms with E-state index in [9.17, 15) is 4.57 Å². The van der Waals surface area contributed by atoms with Gasteiger partial charge in [-0.25, -0.2) is 0 Å². The molecule has 0 radical (unpaired) electrons. The molecule has 0 spiro atoms. The van der Waals surface area contributed by atoms with Gasteiger partial charge in [-0.3, -0.25) is 4.57 Å². The molecule has 68 valence electrons. The molecule has 0 aromatic carbocycles. The Morgan fingerprint density at radius 2 is 1.82 bits per heavy atom. The molecule has 0 fully saturated rings. The summed E-state index contributed by atoms with van der Waals surface area (Å²) in [6.07, 6.45) is -0.0872. The highest BCUT2D eigenvalue weighted by Crippen LogP contribution is 2.51. The standard InChI is InChI=1S/C7H16ClO2P/c1-6(7(2,3)4)10-11(5,8)9/h6H,1-5H3/t6-,11+/m0/s1. The van der Waals surface area contributed by atoms with Crippen LogP contribution in [0.1, 0.15) is 27.7 Å². The van der Waals surface area contributed by atoms with Gasteiger partial charge in [0.2, 0.25) is 0 Å². The molecule has 2 atom stereocenters. The first-order chi connectivity index (χ1) is 4.63. The summed E-state index contributed by atoms with van der Waals surface area (Å²) in [7, 11) is 0. The van der Waals surface area contributed by atoms with E-state index in [0.717, 1.165) is 0 Å². The van der Waals surface area contributed by atoms with Crippen molar-refractivity contribution in [2.24, 2.45) is 5.41 Å². The van der Waals surface area contributed by atoms with Crippen LogP contribution in [0.25, 0.3) is 0 Å². The van der Waals surface area contributed by atoms with Crippen LogP contribution in [-0.4, -0.2) is 12.8 Å². The van der Waals surface area contributed by atoms with Crippen LogP contribution in [0.2, 0.25) is 0 Å². The van der Waals surface area contributed by atoms with Crippen LogP contribution >= 0.6 is 18.0 Å². The van der Waals surface area contributed by atoms with Crippen LogP contribution in [0.3, 0.4) is 0 Å². The molecule has 0 aromatic heterocycles. The Bertz CT molecular complexity index is 168. The zero-order valence-corrected chi connectivity index (χ0v) is 9.37. The first kappa shape index (κ1) is 11.5. The molecule has 2 nitrogen and oxygen atoms in total. The minimum atomic E-state index is -2.85. The molecule has 0 aliphatic rings. The van der Waals surface area contributed by atoms with Crippen molar-refractivity contribution in [2.75, 3.05) is 6.66 Å². The molecule has 0 amide bonds. The van der Waals surface area contributed by atoms with Crippen molar-refractivity contribution in [3.8, 4) is 0 Å². The highest BCUT2D eigenvalue weighted by atomic mass is 35.7. The lowest BCUT2D eigenvalue weighted by molar-refractivity contribution is 0.111. The van der Waals surface area contributed by atoms with E-state index in [0.29, 0.717) is 0 Å². The third-order valence-electron chi connectivity index (χ3n) is 1.57. The lowest BCUT2D eigenvalue weighted by Crippen LogP contribution is -2.24. The summed E-state index contributed by atoms with van der Waals surface area (Å²) in [5, 5.41) is 0. The van der Waals surface area contributed by atoms with Crippen molar-refractivity contribution < 1.29 is 9.09 Å². The summed E-state index contributed by atoms with van der Waals surface area (Å²) in [6.45, 7) is 6.50. The molecule has 0 aliphatic carbocycles. The third kappa shape index (κ3) is 5.72. The first-order valence-corrected chi connectivity index (χ1v) is 6.56. The molecule has 4 heteroatoms. The maximum Gasteiger partial charge on any atom is 0.287 e. The van der Waals surface area contributed by atoms with Crippen LogP contribution in [0, 0.1) is 5.41 Å². The molecule has 0 saturated heterocycles. The fourth-order valence-corrected chi connectivity index (χ4v) is 1.68. The minimum Gasteiger partial charge on any atom is -0.314 e. The summed E-state index contributed by atoms with van der Waals surface area (Å²) in [4.78, 5) is 0. The van der Waals surface area contributed by atoms with E-state index in [1.165, 1.54) is 6.66 Å². The van der Waals surface area contributed by atoms with E-state index >= 15 is 0 Å². The van der Waals surface area contributed by atoms with Gasteiger partial charge in [0.15, 0.2) is 0 Å². The van der Waals surface area contributed by atoms with Crippen molar-refractivity contribution >= 4 is 18.0 Å². The van der Waals surface area contributed by atoms with Gasteiger partial charge in [-0.15, -0.1) is 0 Å².